The van der Waals surface area contributed by atoms with Crippen molar-refractivity contribution in [3.63, 3.8) is 0 Å². The fourth-order valence-corrected chi connectivity index (χ4v) is 3.96. The van der Waals surface area contributed by atoms with Crippen LogP contribution in [0.2, 0.25) is 0 Å². The average Bonchev–Trinajstić information content (AvgIpc) is 2.64. The van der Waals surface area contributed by atoms with Crippen LogP contribution in [0.1, 0.15) is 53.5 Å². The molecule has 0 saturated heterocycles. The molecule has 0 fully saturated rings. The maximum absolute atomic E-state index is 12.4. The number of benzene rings is 1. The van der Waals surface area contributed by atoms with E-state index in [0.29, 0.717) is 6.61 Å². The van der Waals surface area contributed by atoms with Crippen molar-refractivity contribution in [3.8, 4) is 5.75 Å². The molecule has 1 aromatic carbocycles. The number of ether oxygens (including phenoxy) is 4. The average molecular weight is 532 g/mol. The number of halogens is 1. The number of hydrogen-bond acceptors (Lipinski definition) is 5. The lowest BCUT2D eigenvalue weighted by Gasteiger charge is -2.33. The van der Waals surface area contributed by atoms with E-state index in [9.17, 15) is 4.79 Å². The second kappa shape index (κ2) is 12.7. The SMILES string of the molecule is COc1ccc(CO[C@@H]([C@H](C)[C@@H](CC(=O)OC(C)(C)C)OC)[C@H](C)/C=C(\C)I)cc1. The van der Waals surface area contributed by atoms with Gasteiger partial charge in [0.05, 0.1) is 32.3 Å². The van der Waals surface area contributed by atoms with Gasteiger partial charge in [0.2, 0.25) is 0 Å². The summed E-state index contributed by atoms with van der Waals surface area (Å²) in [6, 6.07) is 7.85. The molecule has 1 aromatic rings. The van der Waals surface area contributed by atoms with Gasteiger partial charge in [0.25, 0.3) is 0 Å². The zero-order valence-corrected chi connectivity index (χ0v) is 21.7. The van der Waals surface area contributed by atoms with Crippen molar-refractivity contribution < 1.29 is 23.7 Å². The summed E-state index contributed by atoms with van der Waals surface area (Å²) in [5, 5.41) is 0. The summed E-state index contributed by atoms with van der Waals surface area (Å²) in [5.41, 5.74) is 0.550. The number of carbonyl (C=O) groups excluding carboxylic acids is 1. The van der Waals surface area contributed by atoms with Gasteiger partial charge in [-0.05, 0) is 71.6 Å². The Balaban J connectivity index is 2.94. The van der Waals surface area contributed by atoms with E-state index in [1.54, 1.807) is 14.2 Å². The Kier molecular flexibility index (Phi) is 11.4. The third-order valence-corrected chi connectivity index (χ3v) is 5.17. The molecular weight excluding hydrogens is 495 g/mol. The van der Waals surface area contributed by atoms with E-state index in [4.69, 9.17) is 18.9 Å². The largest absolute Gasteiger partial charge is 0.497 e. The molecular formula is C24H37IO5. The van der Waals surface area contributed by atoms with E-state index in [1.807, 2.05) is 45.0 Å². The van der Waals surface area contributed by atoms with Gasteiger partial charge in [-0.15, -0.1) is 0 Å². The van der Waals surface area contributed by atoms with Crippen LogP contribution in [-0.4, -0.2) is 38.0 Å². The predicted molar refractivity (Wildman–Crippen MR) is 129 cm³/mol. The van der Waals surface area contributed by atoms with E-state index in [-0.39, 0.29) is 36.4 Å². The van der Waals surface area contributed by atoms with Crippen LogP contribution in [0.5, 0.6) is 5.75 Å². The smallest absolute Gasteiger partial charge is 0.308 e. The first-order valence-corrected chi connectivity index (χ1v) is 11.4. The fraction of sp³-hybridized carbons (Fsp3) is 0.625. The lowest BCUT2D eigenvalue weighted by molar-refractivity contribution is -0.160. The Hall–Kier alpha value is -1.12. The molecule has 0 amide bonds. The van der Waals surface area contributed by atoms with Crippen LogP contribution in [0.3, 0.4) is 0 Å². The third kappa shape index (κ3) is 9.79. The standard InChI is InChI=1S/C24H37IO5/c1-16(13-17(2)25)23(29-15-19-9-11-20(27-7)12-10-19)18(3)21(28-8)14-22(26)30-24(4,5)6/h9-13,16,18,21,23H,14-15H2,1-8H3/b17-13+/t16-,18-,21-,23-/m1/s1. The molecule has 0 unspecified atom stereocenters. The first kappa shape index (κ1) is 26.9. The predicted octanol–water partition coefficient (Wildman–Crippen LogP) is 5.94. The van der Waals surface area contributed by atoms with Crippen LogP contribution in [0.15, 0.2) is 33.9 Å². The summed E-state index contributed by atoms with van der Waals surface area (Å²) in [5.74, 6) is 0.704. The summed E-state index contributed by atoms with van der Waals surface area (Å²) in [6.07, 6.45) is 1.96. The van der Waals surface area contributed by atoms with Crippen molar-refractivity contribution in [1.82, 2.24) is 0 Å². The number of hydrogen-bond donors (Lipinski definition) is 0. The molecule has 0 aromatic heterocycles. The minimum Gasteiger partial charge on any atom is -0.497 e. The monoisotopic (exact) mass is 532 g/mol. The maximum atomic E-state index is 12.4. The van der Waals surface area contributed by atoms with Crippen LogP contribution < -0.4 is 4.74 Å². The molecule has 0 aliphatic carbocycles. The molecule has 0 bridgehead atoms. The molecule has 1 rings (SSSR count). The zero-order valence-electron chi connectivity index (χ0n) is 19.5. The lowest BCUT2D eigenvalue weighted by atomic mass is 9.87. The molecule has 6 heteroatoms. The van der Waals surface area contributed by atoms with Gasteiger partial charge in [0.15, 0.2) is 0 Å². The summed E-state index contributed by atoms with van der Waals surface area (Å²) >= 11 is 2.31. The molecule has 0 radical (unpaired) electrons. The maximum Gasteiger partial charge on any atom is 0.308 e. The van der Waals surface area contributed by atoms with Crippen molar-refractivity contribution in [2.75, 3.05) is 14.2 Å². The Labute approximate surface area is 195 Å². The van der Waals surface area contributed by atoms with Crippen LogP contribution >= 0.6 is 22.6 Å². The molecule has 0 spiro atoms. The quantitative estimate of drug-likeness (QED) is 0.261. The Morgan fingerprint density at radius 3 is 2.20 bits per heavy atom. The van der Waals surface area contributed by atoms with Gasteiger partial charge in [-0.3, -0.25) is 4.79 Å². The van der Waals surface area contributed by atoms with Gasteiger partial charge in [-0.2, -0.15) is 0 Å². The number of esters is 1. The van der Waals surface area contributed by atoms with Gasteiger partial charge >= 0.3 is 5.97 Å². The van der Waals surface area contributed by atoms with Crippen molar-refractivity contribution >= 4 is 28.6 Å². The zero-order chi connectivity index (χ0) is 22.9. The number of methoxy groups -OCH3 is 2. The summed E-state index contributed by atoms with van der Waals surface area (Å²) in [6.45, 7) is 12.4. The van der Waals surface area contributed by atoms with Crippen LogP contribution in [0.4, 0.5) is 0 Å². The molecule has 0 N–H and O–H groups in total. The molecule has 5 nitrogen and oxygen atoms in total. The van der Waals surface area contributed by atoms with Crippen molar-refractivity contribution in [1.29, 1.82) is 0 Å². The minimum atomic E-state index is -0.517. The Morgan fingerprint density at radius 2 is 1.73 bits per heavy atom. The topological polar surface area (TPSA) is 54.0 Å². The second-order valence-corrected chi connectivity index (χ2v) is 10.4. The van der Waals surface area contributed by atoms with E-state index in [1.165, 1.54) is 3.58 Å². The summed E-state index contributed by atoms with van der Waals surface area (Å²) < 4.78 is 24.0. The number of rotatable bonds is 11. The van der Waals surface area contributed by atoms with Crippen LogP contribution in [0, 0.1) is 11.8 Å². The number of carbonyl (C=O) groups is 1. The molecule has 0 aliphatic rings. The Morgan fingerprint density at radius 1 is 1.13 bits per heavy atom. The summed E-state index contributed by atoms with van der Waals surface area (Å²) in [4.78, 5) is 12.4. The van der Waals surface area contributed by atoms with Crippen molar-refractivity contribution in [2.45, 2.75) is 72.4 Å². The lowest BCUT2D eigenvalue weighted by Crippen LogP contribution is -2.39. The molecule has 0 heterocycles. The molecule has 0 aliphatic heterocycles. The highest BCUT2D eigenvalue weighted by molar-refractivity contribution is 14.1. The van der Waals surface area contributed by atoms with E-state index in [2.05, 4.69) is 49.4 Å². The first-order valence-electron chi connectivity index (χ1n) is 10.3. The van der Waals surface area contributed by atoms with E-state index < -0.39 is 5.60 Å². The Bertz CT molecular complexity index is 674. The van der Waals surface area contributed by atoms with Gasteiger partial charge < -0.3 is 18.9 Å². The van der Waals surface area contributed by atoms with Gasteiger partial charge in [0, 0.05) is 18.9 Å². The third-order valence-electron chi connectivity index (χ3n) is 4.81. The molecule has 0 saturated carbocycles. The highest BCUT2D eigenvalue weighted by Crippen LogP contribution is 2.28. The summed E-state index contributed by atoms with van der Waals surface area (Å²) in [7, 11) is 3.29. The van der Waals surface area contributed by atoms with Crippen LogP contribution in [0.25, 0.3) is 0 Å². The highest BCUT2D eigenvalue weighted by atomic mass is 127. The first-order chi connectivity index (χ1) is 14.0. The van der Waals surface area contributed by atoms with Crippen molar-refractivity contribution in [3.05, 3.63) is 39.5 Å². The molecule has 4 atom stereocenters. The normalized spacial score (nSPS) is 16.5. The van der Waals surface area contributed by atoms with Gasteiger partial charge in [0.1, 0.15) is 11.4 Å². The molecule has 30 heavy (non-hydrogen) atoms. The second-order valence-electron chi connectivity index (χ2n) is 8.66. The number of allylic oxidation sites excluding steroid dienone is 1. The van der Waals surface area contributed by atoms with E-state index >= 15 is 0 Å². The van der Waals surface area contributed by atoms with Gasteiger partial charge in [-0.1, -0.05) is 32.1 Å². The fourth-order valence-electron chi connectivity index (χ4n) is 3.40. The van der Waals surface area contributed by atoms with Crippen LogP contribution in [-0.2, 0) is 25.6 Å². The molecule has 170 valence electrons. The van der Waals surface area contributed by atoms with Crippen molar-refractivity contribution in [2.24, 2.45) is 11.8 Å². The highest BCUT2D eigenvalue weighted by Gasteiger charge is 2.32. The van der Waals surface area contributed by atoms with Gasteiger partial charge in [-0.25, -0.2) is 0 Å². The minimum absolute atomic E-state index is 0.0113. The van der Waals surface area contributed by atoms with E-state index in [0.717, 1.165) is 11.3 Å².